The zero-order chi connectivity index (χ0) is 15.2. The van der Waals surface area contributed by atoms with E-state index in [4.69, 9.17) is 0 Å². The Hall–Kier alpha value is -1.02. The summed E-state index contributed by atoms with van der Waals surface area (Å²) in [7, 11) is 2.19. The topological polar surface area (TPSA) is 6.48 Å². The van der Waals surface area contributed by atoms with E-state index < -0.39 is 0 Å². The molecule has 2 nitrogen and oxygen atoms in total. The second-order valence-corrected chi connectivity index (χ2v) is 6.79. The standard InChI is InChI=1S/C15H24N2.C3H8/c1-15(2,3)13-5-7-14(8-6-13)17-11-9-16(4)10-12-17;1-3-2/h5-8H,9-12H2,1-4H3;3H2,1-2H3. The van der Waals surface area contributed by atoms with E-state index >= 15 is 0 Å². The molecule has 114 valence electrons. The summed E-state index contributed by atoms with van der Waals surface area (Å²) in [5.41, 5.74) is 3.03. The number of rotatable bonds is 1. The maximum atomic E-state index is 2.48. The summed E-state index contributed by atoms with van der Waals surface area (Å²) in [6, 6.07) is 9.08. The Bertz CT molecular complexity index is 367. The molecule has 1 fully saturated rings. The highest BCUT2D eigenvalue weighted by molar-refractivity contribution is 5.49. The van der Waals surface area contributed by atoms with Crippen LogP contribution in [0.3, 0.4) is 0 Å². The third-order valence-corrected chi connectivity index (χ3v) is 3.60. The number of benzene rings is 1. The number of anilines is 1. The molecule has 0 aliphatic carbocycles. The van der Waals surface area contributed by atoms with Gasteiger partial charge >= 0.3 is 0 Å². The monoisotopic (exact) mass is 276 g/mol. The second kappa shape index (κ2) is 7.68. The van der Waals surface area contributed by atoms with Crippen molar-refractivity contribution in [1.29, 1.82) is 0 Å². The maximum Gasteiger partial charge on any atom is 0.0367 e. The van der Waals surface area contributed by atoms with Gasteiger partial charge in [-0.25, -0.2) is 0 Å². The maximum absolute atomic E-state index is 2.48. The van der Waals surface area contributed by atoms with E-state index in [9.17, 15) is 0 Å². The van der Waals surface area contributed by atoms with E-state index in [1.54, 1.807) is 0 Å². The van der Waals surface area contributed by atoms with Crippen molar-refractivity contribution in [2.24, 2.45) is 0 Å². The molecule has 1 saturated heterocycles. The van der Waals surface area contributed by atoms with Crippen LogP contribution in [0.4, 0.5) is 5.69 Å². The van der Waals surface area contributed by atoms with Gasteiger partial charge in [0.25, 0.3) is 0 Å². The molecule has 0 spiro atoms. The van der Waals surface area contributed by atoms with E-state index in [0.29, 0.717) is 0 Å². The third kappa shape index (κ3) is 5.16. The van der Waals surface area contributed by atoms with E-state index in [1.807, 2.05) is 0 Å². The molecule has 1 aromatic rings. The van der Waals surface area contributed by atoms with Crippen LogP contribution in [0.2, 0.25) is 0 Å². The minimum atomic E-state index is 0.251. The minimum absolute atomic E-state index is 0.251. The van der Waals surface area contributed by atoms with Crippen molar-refractivity contribution in [2.75, 3.05) is 38.1 Å². The molecule has 0 amide bonds. The van der Waals surface area contributed by atoms with Crippen molar-refractivity contribution in [3.8, 4) is 0 Å². The van der Waals surface area contributed by atoms with Crippen LogP contribution in [0.5, 0.6) is 0 Å². The Kier molecular flexibility index (Phi) is 6.54. The molecule has 0 atom stereocenters. The predicted molar refractivity (Wildman–Crippen MR) is 90.8 cm³/mol. The Labute approximate surface area is 125 Å². The van der Waals surface area contributed by atoms with Crippen LogP contribution in [-0.2, 0) is 5.41 Å². The molecule has 0 bridgehead atoms. The molecule has 2 heteroatoms. The Balaban J connectivity index is 0.000000612. The molecule has 0 aromatic heterocycles. The van der Waals surface area contributed by atoms with Gasteiger partial charge in [-0.05, 0) is 30.2 Å². The van der Waals surface area contributed by atoms with E-state index in [2.05, 4.69) is 75.7 Å². The van der Waals surface area contributed by atoms with Crippen LogP contribution in [0.25, 0.3) is 0 Å². The van der Waals surface area contributed by atoms with Crippen molar-refractivity contribution in [3.05, 3.63) is 29.8 Å². The SMILES string of the molecule is CCC.CN1CCN(c2ccc(C(C)(C)C)cc2)CC1. The number of likely N-dealkylation sites (N-methyl/N-ethyl adjacent to an activating group) is 1. The van der Waals surface area contributed by atoms with Crippen molar-refractivity contribution in [3.63, 3.8) is 0 Å². The van der Waals surface area contributed by atoms with Crippen LogP contribution in [-0.4, -0.2) is 38.1 Å². The zero-order valence-electron chi connectivity index (χ0n) is 14.2. The van der Waals surface area contributed by atoms with Gasteiger partial charge in [0.05, 0.1) is 0 Å². The number of nitrogens with zero attached hydrogens (tertiary/aromatic N) is 2. The normalized spacial score (nSPS) is 16.6. The molecule has 0 saturated carbocycles. The first-order valence-electron chi connectivity index (χ1n) is 7.92. The van der Waals surface area contributed by atoms with Crippen molar-refractivity contribution in [1.82, 2.24) is 4.90 Å². The molecule has 2 rings (SSSR count). The number of piperazine rings is 1. The Morgan fingerprint density at radius 1 is 0.900 bits per heavy atom. The third-order valence-electron chi connectivity index (χ3n) is 3.60. The number of hydrogen-bond donors (Lipinski definition) is 0. The highest BCUT2D eigenvalue weighted by atomic mass is 15.2. The molecule has 20 heavy (non-hydrogen) atoms. The van der Waals surface area contributed by atoms with Crippen molar-refractivity contribution in [2.45, 2.75) is 46.5 Å². The van der Waals surface area contributed by atoms with Crippen LogP contribution in [0.15, 0.2) is 24.3 Å². The molecule has 0 unspecified atom stereocenters. The van der Waals surface area contributed by atoms with E-state index in [0.717, 1.165) is 13.1 Å². The minimum Gasteiger partial charge on any atom is -0.369 e. The van der Waals surface area contributed by atoms with Gasteiger partial charge in [-0.2, -0.15) is 0 Å². The van der Waals surface area contributed by atoms with Crippen LogP contribution < -0.4 is 4.90 Å². The summed E-state index contributed by atoms with van der Waals surface area (Å²) in [5, 5.41) is 0. The lowest BCUT2D eigenvalue weighted by Crippen LogP contribution is -2.44. The molecule has 1 heterocycles. The van der Waals surface area contributed by atoms with Crippen molar-refractivity contribution < 1.29 is 0 Å². The molecule has 0 radical (unpaired) electrons. The first-order valence-corrected chi connectivity index (χ1v) is 7.92. The van der Waals surface area contributed by atoms with Gasteiger partial charge in [-0.1, -0.05) is 53.2 Å². The molecule has 1 aliphatic heterocycles. The lowest BCUT2D eigenvalue weighted by molar-refractivity contribution is 0.313. The molecular weight excluding hydrogens is 244 g/mol. The number of hydrogen-bond acceptors (Lipinski definition) is 2. The van der Waals surface area contributed by atoms with Gasteiger partial charge in [0.1, 0.15) is 0 Å². The summed E-state index contributed by atoms with van der Waals surface area (Å²) in [6.07, 6.45) is 1.25. The fourth-order valence-corrected chi connectivity index (χ4v) is 2.24. The second-order valence-electron chi connectivity index (χ2n) is 6.79. The smallest absolute Gasteiger partial charge is 0.0367 e. The summed E-state index contributed by atoms with van der Waals surface area (Å²) in [4.78, 5) is 4.87. The van der Waals surface area contributed by atoms with Gasteiger partial charge in [-0.15, -0.1) is 0 Å². The first kappa shape index (κ1) is 17.0. The summed E-state index contributed by atoms with van der Waals surface area (Å²) in [6.45, 7) is 15.7. The molecular formula is C18H32N2. The van der Waals surface area contributed by atoms with Gasteiger partial charge in [0.2, 0.25) is 0 Å². The quantitative estimate of drug-likeness (QED) is 0.760. The summed E-state index contributed by atoms with van der Waals surface area (Å²) < 4.78 is 0. The Morgan fingerprint density at radius 3 is 1.75 bits per heavy atom. The van der Waals surface area contributed by atoms with Crippen LogP contribution in [0.1, 0.15) is 46.6 Å². The average molecular weight is 276 g/mol. The van der Waals surface area contributed by atoms with E-state index in [1.165, 1.54) is 30.8 Å². The lowest BCUT2D eigenvalue weighted by atomic mass is 9.87. The van der Waals surface area contributed by atoms with Gasteiger partial charge in [0, 0.05) is 31.9 Å². The van der Waals surface area contributed by atoms with Crippen LogP contribution >= 0.6 is 0 Å². The van der Waals surface area contributed by atoms with Gasteiger partial charge < -0.3 is 9.80 Å². The van der Waals surface area contributed by atoms with Crippen molar-refractivity contribution >= 4 is 5.69 Å². The highest BCUT2D eigenvalue weighted by Crippen LogP contribution is 2.25. The fraction of sp³-hybridized carbons (Fsp3) is 0.667. The zero-order valence-corrected chi connectivity index (χ0v) is 14.2. The average Bonchev–Trinajstić information content (AvgIpc) is 2.40. The molecule has 0 N–H and O–H groups in total. The Morgan fingerprint density at radius 2 is 1.35 bits per heavy atom. The largest absolute Gasteiger partial charge is 0.369 e. The van der Waals surface area contributed by atoms with E-state index in [-0.39, 0.29) is 5.41 Å². The summed E-state index contributed by atoms with van der Waals surface area (Å²) in [5.74, 6) is 0. The fourth-order valence-electron chi connectivity index (χ4n) is 2.24. The molecule has 1 aliphatic rings. The first-order chi connectivity index (χ1) is 9.38. The van der Waals surface area contributed by atoms with Gasteiger partial charge in [-0.3, -0.25) is 0 Å². The van der Waals surface area contributed by atoms with Gasteiger partial charge in [0.15, 0.2) is 0 Å². The van der Waals surface area contributed by atoms with Crippen LogP contribution in [0, 0.1) is 0 Å². The predicted octanol–water partition coefficient (Wildman–Crippen LogP) is 4.15. The lowest BCUT2D eigenvalue weighted by Gasteiger charge is -2.34. The summed E-state index contributed by atoms with van der Waals surface area (Å²) >= 11 is 0. The highest BCUT2D eigenvalue weighted by Gasteiger charge is 2.16. The molecule has 1 aromatic carbocycles.